The summed E-state index contributed by atoms with van der Waals surface area (Å²) < 4.78 is 0. The number of benzene rings is 1. The zero-order valence-electron chi connectivity index (χ0n) is 11.3. The number of pyridine rings is 1. The first kappa shape index (κ1) is 13.6. The van der Waals surface area contributed by atoms with Crippen LogP contribution in [0.15, 0.2) is 36.4 Å². The van der Waals surface area contributed by atoms with E-state index in [1.54, 1.807) is 50.4 Å². The van der Waals surface area contributed by atoms with Crippen LogP contribution in [0.1, 0.15) is 21.6 Å². The molecule has 0 bridgehead atoms. The Labute approximate surface area is 117 Å². The molecular formula is C15H14N4O. The molecule has 2 rings (SSSR count). The lowest BCUT2D eigenvalue weighted by atomic mass is 10.1. The van der Waals surface area contributed by atoms with Crippen molar-refractivity contribution < 1.29 is 4.79 Å². The molecule has 20 heavy (non-hydrogen) atoms. The Morgan fingerprint density at radius 2 is 1.95 bits per heavy atom. The number of nitrogen functional groups attached to an aromatic ring is 1. The number of rotatable bonds is 2. The molecule has 0 radical (unpaired) electrons. The Balaban J connectivity index is 2.29. The fourth-order valence-electron chi connectivity index (χ4n) is 1.89. The average molecular weight is 266 g/mol. The minimum Gasteiger partial charge on any atom is -0.384 e. The molecule has 0 aliphatic rings. The zero-order valence-corrected chi connectivity index (χ0v) is 11.3. The highest BCUT2D eigenvalue weighted by Crippen LogP contribution is 2.17. The van der Waals surface area contributed by atoms with Crippen molar-refractivity contribution in [2.75, 3.05) is 17.7 Å². The fourth-order valence-corrected chi connectivity index (χ4v) is 1.89. The van der Waals surface area contributed by atoms with E-state index < -0.39 is 0 Å². The fraction of sp³-hybridized carbons (Fsp3) is 0.133. The van der Waals surface area contributed by atoms with E-state index in [0.717, 1.165) is 0 Å². The van der Waals surface area contributed by atoms with Crippen LogP contribution < -0.4 is 10.6 Å². The van der Waals surface area contributed by atoms with Crippen LogP contribution in [0.3, 0.4) is 0 Å². The number of amides is 1. The summed E-state index contributed by atoms with van der Waals surface area (Å²) in [4.78, 5) is 17.9. The summed E-state index contributed by atoms with van der Waals surface area (Å²) in [5.74, 6) is 0.147. The van der Waals surface area contributed by atoms with Crippen LogP contribution in [0.4, 0.5) is 11.5 Å². The molecule has 0 saturated heterocycles. The van der Waals surface area contributed by atoms with Gasteiger partial charge in [-0.3, -0.25) is 4.79 Å². The van der Waals surface area contributed by atoms with E-state index >= 15 is 0 Å². The van der Waals surface area contributed by atoms with Gasteiger partial charge in [-0.15, -0.1) is 0 Å². The van der Waals surface area contributed by atoms with Crippen LogP contribution >= 0.6 is 0 Å². The molecule has 1 amide bonds. The van der Waals surface area contributed by atoms with Crippen LogP contribution in [0, 0.1) is 18.3 Å². The van der Waals surface area contributed by atoms with Crippen molar-refractivity contribution in [3.8, 4) is 6.07 Å². The summed E-state index contributed by atoms with van der Waals surface area (Å²) in [6.07, 6.45) is 0. The first-order chi connectivity index (χ1) is 9.51. The van der Waals surface area contributed by atoms with Gasteiger partial charge in [-0.1, -0.05) is 0 Å². The van der Waals surface area contributed by atoms with Crippen LogP contribution in [-0.4, -0.2) is 17.9 Å². The lowest BCUT2D eigenvalue weighted by molar-refractivity contribution is 0.0993. The van der Waals surface area contributed by atoms with Gasteiger partial charge < -0.3 is 10.6 Å². The Morgan fingerprint density at radius 3 is 2.50 bits per heavy atom. The largest absolute Gasteiger partial charge is 0.384 e. The van der Waals surface area contributed by atoms with E-state index in [9.17, 15) is 4.79 Å². The van der Waals surface area contributed by atoms with Crippen molar-refractivity contribution in [3.05, 3.63) is 53.2 Å². The summed E-state index contributed by atoms with van der Waals surface area (Å²) in [6.45, 7) is 1.79. The lowest BCUT2D eigenvalue weighted by Crippen LogP contribution is -2.26. The van der Waals surface area contributed by atoms with Crippen molar-refractivity contribution >= 4 is 17.4 Å². The van der Waals surface area contributed by atoms with Gasteiger partial charge in [0.25, 0.3) is 5.91 Å². The van der Waals surface area contributed by atoms with Gasteiger partial charge in [0.05, 0.1) is 11.6 Å². The molecular weight excluding hydrogens is 252 g/mol. The number of aromatic nitrogens is 1. The summed E-state index contributed by atoms with van der Waals surface area (Å²) >= 11 is 0. The first-order valence-corrected chi connectivity index (χ1v) is 6.03. The molecule has 0 atom stereocenters. The van der Waals surface area contributed by atoms with Gasteiger partial charge in [-0.2, -0.15) is 5.26 Å². The van der Waals surface area contributed by atoms with E-state index in [-0.39, 0.29) is 5.91 Å². The van der Waals surface area contributed by atoms with Crippen molar-refractivity contribution in [1.29, 1.82) is 5.26 Å². The van der Waals surface area contributed by atoms with Crippen molar-refractivity contribution in [3.63, 3.8) is 0 Å². The highest BCUT2D eigenvalue weighted by molar-refractivity contribution is 6.06. The number of hydrogen-bond acceptors (Lipinski definition) is 4. The average Bonchev–Trinajstić information content (AvgIpc) is 2.45. The van der Waals surface area contributed by atoms with Gasteiger partial charge in [0.15, 0.2) is 0 Å². The molecule has 100 valence electrons. The van der Waals surface area contributed by atoms with E-state index in [1.165, 1.54) is 4.90 Å². The summed E-state index contributed by atoms with van der Waals surface area (Å²) in [6, 6.07) is 12.1. The third kappa shape index (κ3) is 2.75. The van der Waals surface area contributed by atoms with Gasteiger partial charge >= 0.3 is 0 Å². The maximum atomic E-state index is 12.4. The van der Waals surface area contributed by atoms with Gasteiger partial charge in [0.1, 0.15) is 5.82 Å². The molecule has 0 aliphatic carbocycles. The Morgan fingerprint density at radius 1 is 1.30 bits per heavy atom. The van der Waals surface area contributed by atoms with E-state index in [4.69, 9.17) is 11.0 Å². The number of nitrogens with zero attached hydrogens (tertiary/aromatic N) is 3. The third-order valence-electron chi connectivity index (χ3n) is 2.91. The summed E-state index contributed by atoms with van der Waals surface area (Å²) in [5.41, 5.74) is 8.10. The predicted octanol–water partition coefficient (Wildman–Crippen LogP) is 2.12. The second-order valence-corrected chi connectivity index (χ2v) is 4.44. The minimum atomic E-state index is -0.174. The Kier molecular flexibility index (Phi) is 3.67. The summed E-state index contributed by atoms with van der Waals surface area (Å²) in [7, 11) is 1.68. The number of hydrogen-bond donors (Lipinski definition) is 1. The number of carbonyl (C=O) groups excluding carboxylic acids is 1. The number of anilines is 2. The molecule has 5 heteroatoms. The quantitative estimate of drug-likeness (QED) is 0.902. The first-order valence-electron chi connectivity index (χ1n) is 6.03. The predicted molar refractivity (Wildman–Crippen MR) is 77.3 cm³/mol. The van der Waals surface area contributed by atoms with Crippen LogP contribution in [-0.2, 0) is 0 Å². The molecule has 0 saturated carbocycles. The highest BCUT2D eigenvalue weighted by atomic mass is 16.2. The molecule has 0 aliphatic heterocycles. The summed E-state index contributed by atoms with van der Waals surface area (Å²) in [5, 5.41) is 8.76. The van der Waals surface area contributed by atoms with Crippen LogP contribution in [0.5, 0.6) is 0 Å². The molecule has 2 aromatic rings. The molecule has 2 N–H and O–H groups in total. The number of carbonyl (C=O) groups is 1. The molecule has 0 fully saturated rings. The Bertz CT molecular complexity index is 666. The topological polar surface area (TPSA) is 83.0 Å². The number of aryl methyl sites for hydroxylation is 1. The van der Waals surface area contributed by atoms with Gasteiger partial charge in [0, 0.05) is 24.0 Å². The van der Waals surface area contributed by atoms with E-state index in [0.29, 0.717) is 28.3 Å². The molecule has 1 heterocycles. The highest BCUT2D eigenvalue weighted by Gasteiger charge is 2.14. The maximum absolute atomic E-state index is 12.4. The number of nitrogens with two attached hydrogens (primary N) is 1. The minimum absolute atomic E-state index is 0.174. The normalized spacial score (nSPS) is 9.85. The second kappa shape index (κ2) is 5.41. The monoisotopic (exact) mass is 266 g/mol. The Hall–Kier alpha value is -2.87. The van der Waals surface area contributed by atoms with Crippen molar-refractivity contribution in [2.24, 2.45) is 0 Å². The van der Waals surface area contributed by atoms with Crippen molar-refractivity contribution in [2.45, 2.75) is 6.92 Å². The lowest BCUT2D eigenvalue weighted by Gasteiger charge is -2.17. The molecule has 1 aromatic carbocycles. The molecule has 1 aromatic heterocycles. The molecule has 0 unspecified atom stereocenters. The molecule has 0 spiro atoms. The second-order valence-electron chi connectivity index (χ2n) is 4.44. The van der Waals surface area contributed by atoms with Gasteiger partial charge in [0.2, 0.25) is 0 Å². The SMILES string of the molecule is Cc1cc(C(=O)N(C)c2ccc(C#N)cc2)cc(N)n1. The van der Waals surface area contributed by atoms with Gasteiger partial charge in [-0.05, 0) is 43.3 Å². The smallest absolute Gasteiger partial charge is 0.258 e. The van der Waals surface area contributed by atoms with Crippen molar-refractivity contribution in [1.82, 2.24) is 4.98 Å². The van der Waals surface area contributed by atoms with E-state index in [2.05, 4.69) is 4.98 Å². The maximum Gasteiger partial charge on any atom is 0.258 e. The zero-order chi connectivity index (χ0) is 14.7. The van der Waals surface area contributed by atoms with E-state index in [1.807, 2.05) is 6.07 Å². The van der Waals surface area contributed by atoms with Crippen LogP contribution in [0.2, 0.25) is 0 Å². The third-order valence-corrected chi connectivity index (χ3v) is 2.91. The molecule has 5 nitrogen and oxygen atoms in total. The standard InChI is InChI=1S/C15H14N4O/c1-10-7-12(8-14(17)18-10)15(20)19(2)13-5-3-11(9-16)4-6-13/h3-8H,1-2H3,(H2,17,18). The van der Waals surface area contributed by atoms with Crippen LogP contribution in [0.25, 0.3) is 0 Å². The van der Waals surface area contributed by atoms with Gasteiger partial charge in [-0.25, -0.2) is 4.98 Å². The number of nitriles is 1.